The molecule has 158 valence electrons. The average molecular weight is 441 g/mol. The third-order valence-electron chi connectivity index (χ3n) is 5.47. The number of thiophene rings is 1. The van der Waals surface area contributed by atoms with Gasteiger partial charge in [-0.25, -0.2) is 0 Å². The number of fused-ring (bicyclic) bond motifs is 1. The molecule has 0 atom stereocenters. The van der Waals surface area contributed by atoms with E-state index < -0.39 is 0 Å². The molecule has 30 heavy (non-hydrogen) atoms. The van der Waals surface area contributed by atoms with E-state index in [-0.39, 0.29) is 5.91 Å². The first kappa shape index (κ1) is 21.1. The first-order chi connectivity index (χ1) is 14.7. The van der Waals surface area contributed by atoms with E-state index in [1.807, 2.05) is 29.5 Å². The van der Waals surface area contributed by atoms with Crippen molar-refractivity contribution in [3.63, 3.8) is 0 Å². The molecule has 1 aromatic carbocycles. The molecule has 4 rings (SSSR count). The Balaban J connectivity index is 1.50. The van der Waals surface area contributed by atoms with Gasteiger partial charge < -0.3 is 9.88 Å². The lowest BCUT2D eigenvalue weighted by molar-refractivity contribution is -0.113. The molecule has 1 N–H and O–H groups in total. The highest BCUT2D eigenvalue weighted by Crippen LogP contribution is 2.37. The molecule has 0 fully saturated rings. The van der Waals surface area contributed by atoms with Gasteiger partial charge in [-0.3, -0.25) is 4.79 Å². The fourth-order valence-corrected chi connectivity index (χ4v) is 5.86. The zero-order valence-electron chi connectivity index (χ0n) is 17.6. The van der Waals surface area contributed by atoms with Gasteiger partial charge in [-0.1, -0.05) is 43.8 Å². The van der Waals surface area contributed by atoms with Crippen molar-refractivity contribution in [1.82, 2.24) is 14.8 Å². The molecule has 1 aliphatic carbocycles. The highest BCUT2D eigenvalue weighted by atomic mass is 32.2. The number of rotatable bonds is 8. The Kier molecular flexibility index (Phi) is 6.89. The molecule has 2 aromatic heterocycles. The van der Waals surface area contributed by atoms with E-state index in [2.05, 4.69) is 45.4 Å². The zero-order valence-corrected chi connectivity index (χ0v) is 19.2. The van der Waals surface area contributed by atoms with Crippen molar-refractivity contribution in [2.75, 3.05) is 11.1 Å². The lowest BCUT2D eigenvalue weighted by Crippen LogP contribution is -2.16. The van der Waals surface area contributed by atoms with Crippen LogP contribution in [0.5, 0.6) is 0 Å². The molecule has 5 nitrogen and oxygen atoms in total. The molecule has 7 heteroatoms. The highest BCUT2D eigenvalue weighted by Gasteiger charge is 2.22. The molecule has 0 saturated heterocycles. The Morgan fingerprint density at radius 3 is 2.87 bits per heavy atom. The molecule has 0 spiro atoms. The summed E-state index contributed by atoms with van der Waals surface area (Å²) < 4.78 is 2.19. The van der Waals surface area contributed by atoms with Crippen LogP contribution in [0.2, 0.25) is 0 Å². The zero-order chi connectivity index (χ0) is 20.9. The van der Waals surface area contributed by atoms with Crippen molar-refractivity contribution in [2.24, 2.45) is 0 Å². The smallest absolute Gasteiger partial charge is 0.234 e. The number of para-hydroxylation sites is 1. The topological polar surface area (TPSA) is 59.8 Å². The second-order valence-electron chi connectivity index (χ2n) is 7.56. The molecule has 1 amide bonds. The van der Waals surface area contributed by atoms with Crippen molar-refractivity contribution in [3.05, 3.63) is 45.6 Å². The number of hydrogen-bond donors (Lipinski definition) is 1. The van der Waals surface area contributed by atoms with E-state index in [0.29, 0.717) is 5.75 Å². The van der Waals surface area contributed by atoms with Gasteiger partial charge in [0.15, 0.2) is 11.0 Å². The summed E-state index contributed by atoms with van der Waals surface area (Å²) in [5.41, 5.74) is 4.74. The van der Waals surface area contributed by atoms with E-state index in [9.17, 15) is 4.79 Å². The lowest BCUT2D eigenvalue weighted by atomic mass is 9.95. The van der Waals surface area contributed by atoms with Crippen molar-refractivity contribution in [1.29, 1.82) is 0 Å². The number of nitrogens with one attached hydrogen (secondary N) is 1. The van der Waals surface area contributed by atoms with Crippen LogP contribution in [0.3, 0.4) is 0 Å². The van der Waals surface area contributed by atoms with Crippen LogP contribution in [0.15, 0.2) is 34.8 Å². The lowest BCUT2D eigenvalue weighted by Gasteiger charge is -2.14. The maximum atomic E-state index is 12.6. The van der Waals surface area contributed by atoms with Gasteiger partial charge in [-0.15, -0.1) is 21.5 Å². The number of carbonyl (C=O) groups excluding carboxylic acids is 1. The molecule has 0 saturated carbocycles. The van der Waals surface area contributed by atoms with Crippen LogP contribution in [0.4, 0.5) is 5.69 Å². The summed E-state index contributed by atoms with van der Waals surface area (Å²) in [5.74, 6) is 1.26. The Labute approximate surface area is 186 Å². The van der Waals surface area contributed by atoms with Crippen molar-refractivity contribution in [2.45, 2.75) is 64.1 Å². The first-order valence-electron chi connectivity index (χ1n) is 10.7. The van der Waals surface area contributed by atoms with E-state index in [4.69, 9.17) is 0 Å². The quantitative estimate of drug-likeness (QED) is 0.464. The average Bonchev–Trinajstić information content (AvgIpc) is 3.37. The van der Waals surface area contributed by atoms with Crippen LogP contribution in [0.25, 0.3) is 11.4 Å². The van der Waals surface area contributed by atoms with E-state index >= 15 is 0 Å². The molecule has 0 bridgehead atoms. The van der Waals surface area contributed by atoms with Gasteiger partial charge in [0.1, 0.15) is 0 Å². The van der Waals surface area contributed by atoms with Crippen LogP contribution >= 0.6 is 23.1 Å². The van der Waals surface area contributed by atoms with Gasteiger partial charge in [0.25, 0.3) is 0 Å². The monoisotopic (exact) mass is 440 g/mol. The summed E-state index contributed by atoms with van der Waals surface area (Å²) in [5, 5.41) is 15.1. The largest absolute Gasteiger partial charge is 0.325 e. The highest BCUT2D eigenvalue weighted by molar-refractivity contribution is 7.99. The van der Waals surface area contributed by atoms with Gasteiger partial charge in [0.05, 0.1) is 5.75 Å². The maximum absolute atomic E-state index is 12.6. The van der Waals surface area contributed by atoms with Gasteiger partial charge in [-0.2, -0.15) is 0 Å². The molecular weight excluding hydrogens is 412 g/mol. The number of aromatic nitrogens is 3. The molecule has 0 radical (unpaired) electrons. The third-order valence-corrected chi connectivity index (χ3v) is 7.53. The molecule has 3 aromatic rings. The number of benzene rings is 1. The van der Waals surface area contributed by atoms with Crippen molar-refractivity contribution >= 4 is 34.7 Å². The normalized spacial score (nSPS) is 13.3. The third kappa shape index (κ3) is 4.47. The van der Waals surface area contributed by atoms with E-state index in [1.165, 1.54) is 47.0 Å². The van der Waals surface area contributed by atoms with Gasteiger partial charge >= 0.3 is 0 Å². The molecule has 1 aliphatic rings. The SMILES string of the molecule is CCCn1c(SCC(=O)Nc2ccccc2CC)nnc1-c1csc2c1CCCC2. The molecular formula is C23H28N4OS2. The summed E-state index contributed by atoms with van der Waals surface area (Å²) in [6.07, 6.45) is 6.74. The first-order valence-corrected chi connectivity index (χ1v) is 12.6. The predicted molar refractivity (Wildman–Crippen MR) is 125 cm³/mol. The van der Waals surface area contributed by atoms with Crippen LogP contribution in [0.1, 0.15) is 49.1 Å². The number of amides is 1. The van der Waals surface area contributed by atoms with Crippen molar-refractivity contribution < 1.29 is 4.79 Å². The fourth-order valence-electron chi connectivity index (χ4n) is 3.97. The maximum Gasteiger partial charge on any atom is 0.234 e. The number of anilines is 1. The summed E-state index contributed by atoms with van der Waals surface area (Å²) >= 11 is 3.32. The minimum absolute atomic E-state index is 0.0126. The molecule has 0 unspecified atom stereocenters. The molecule has 2 heterocycles. The van der Waals surface area contributed by atoms with Crippen LogP contribution in [-0.4, -0.2) is 26.4 Å². The number of carbonyl (C=O) groups is 1. The number of aryl methyl sites for hydroxylation is 2. The number of hydrogen-bond acceptors (Lipinski definition) is 5. The Hall–Kier alpha value is -2.12. The van der Waals surface area contributed by atoms with Gasteiger partial charge in [0, 0.05) is 28.1 Å². The van der Waals surface area contributed by atoms with Crippen LogP contribution in [0, 0.1) is 0 Å². The van der Waals surface area contributed by atoms with Crippen LogP contribution < -0.4 is 5.32 Å². The van der Waals surface area contributed by atoms with Crippen molar-refractivity contribution in [3.8, 4) is 11.4 Å². The number of thioether (sulfide) groups is 1. The molecule has 0 aliphatic heterocycles. The Morgan fingerprint density at radius 1 is 1.20 bits per heavy atom. The van der Waals surface area contributed by atoms with Gasteiger partial charge in [-0.05, 0) is 55.7 Å². The fraction of sp³-hybridized carbons (Fsp3) is 0.435. The van der Waals surface area contributed by atoms with E-state index in [0.717, 1.165) is 48.0 Å². The standard InChI is InChI=1S/C23H28N4OS2/c1-3-13-27-22(18-14-29-20-12-8-6-10-17(18)20)25-26-23(27)30-15-21(28)24-19-11-7-5-9-16(19)4-2/h5,7,9,11,14H,3-4,6,8,10,12-13,15H2,1-2H3,(H,24,28). The minimum atomic E-state index is -0.0126. The summed E-state index contributed by atoms with van der Waals surface area (Å²) in [6, 6.07) is 7.96. The summed E-state index contributed by atoms with van der Waals surface area (Å²) in [6.45, 7) is 5.11. The Morgan fingerprint density at radius 2 is 2.03 bits per heavy atom. The predicted octanol–water partition coefficient (Wildman–Crippen LogP) is 5.59. The van der Waals surface area contributed by atoms with E-state index in [1.54, 1.807) is 0 Å². The van der Waals surface area contributed by atoms with Gasteiger partial charge in [0.2, 0.25) is 5.91 Å². The summed E-state index contributed by atoms with van der Waals surface area (Å²) in [4.78, 5) is 14.1. The summed E-state index contributed by atoms with van der Waals surface area (Å²) in [7, 11) is 0. The number of nitrogens with zero attached hydrogens (tertiary/aromatic N) is 3. The minimum Gasteiger partial charge on any atom is -0.325 e. The Bertz CT molecular complexity index is 1020. The second-order valence-corrected chi connectivity index (χ2v) is 9.47. The van der Waals surface area contributed by atoms with Crippen LogP contribution in [-0.2, 0) is 30.6 Å². The second kappa shape index (κ2) is 9.79.